The van der Waals surface area contributed by atoms with Crippen LogP contribution >= 0.6 is 0 Å². The topological polar surface area (TPSA) is 64.3 Å². The lowest BCUT2D eigenvalue weighted by Crippen LogP contribution is -2.44. The predicted octanol–water partition coefficient (Wildman–Crippen LogP) is 3.30. The summed E-state index contributed by atoms with van der Waals surface area (Å²) >= 11 is 0. The molecule has 1 amide bonds. The Bertz CT molecular complexity index is 908. The third-order valence-corrected chi connectivity index (χ3v) is 6.07. The van der Waals surface area contributed by atoms with Gasteiger partial charge in [0.2, 0.25) is 0 Å². The summed E-state index contributed by atoms with van der Waals surface area (Å²) in [6, 6.07) is 15.6. The SMILES string of the molecule is N#Cc1cc(F)cc(C(=O)N2[C@H]3CC[C@@H]2[C@@](CO)(Cc2ccccc2)C3)c1. The number of nitriles is 1. The van der Waals surface area contributed by atoms with E-state index in [0.717, 1.165) is 30.9 Å². The van der Waals surface area contributed by atoms with Gasteiger partial charge in [-0.3, -0.25) is 4.79 Å². The number of hydrogen-bond acceptors (Lipinski definition) is 3. The lowest BCUT2D eigenvalue weighted by molar-refractivity contribution is 0.0571. The van der Waals surface area contributed by atoms with E-state index >= 15 is 0 Å². The van der Waals surface area contributed by atoms with Gasteiger partial charge in [0.25, 0.3) is 5.91 Å². The van der Waals surface area contributed by atoms with Crippen LogP contribution in [0.5, 0.6) is 0 Å². The first-order valence-corrected chi connectivity index (χ1v) is 9.24. The van der Waals surface area contributed by atoms with Crippen molar-refractivity contribution >= 4 is 5.91 Å². The fraction of sp³-hybridized carbons (Fsp3) is 0.364. The van der Waals surface area contributed by atoms with E-state index in [2.05, 4.69) is 0 Å². The highest BCUT2D eigenvalue weighted by atomic mass is 19.1. The maximum atomic E-state index is 13.8. The van der Waals surface area contributed by atoms with E-state index in [1.165, 1.54) is 12.1 Å². The molecule has 4 rings (SSSR count). The molecule has 2 aliphatic rings. The molecule has 2 fully saturated rings. The fourth-order valence-corrected chi connectivity index (χ4v) is 4.94. The molecule has 3 atom stereocenters. The second-order valence-electron chi connectivity index (χ2n) is 7.69. The molecule has 27 heavy (non-hydrogen) atoms. The van der Waals surface area contributed by atoms with Crippen LogP contribution in [0.4, 0.5) is 4.39 Å². The van der Waals surface area contributed by atoms with Gasteiger partial charge in [-0.15, -0.1) is 0 Å². The lowest BCUT2D eigenvalue weighted by Gasteiger charge is -2.36. The number of rotatable bonds is 4. The fourth-order valence-electron chi connectivity index (χ4n) is 4.94. The molecule has 1 N–H and O–H groups in total. The lowest BCUT2D eigenvalue weighted by atomic mass is 9.70. The van der Waals surface area contributed by atoms with Crippen molar-refractivity contribution < 1.29 is 14.3 Å². The zero-order valence-corrected chi connectivity index (χ0v) is 14.9. The predicted molar refractivity (Wildman–Crippen MR) is 98.4 cm³/mol. The van der Waals surface area contributed by atoms with Gasteiger partial charge in [-0.2, -0.15) is 5.26 Å². The summed E-state index contributed by atoms with van der Waals surface area (Å²) in [5.41, 5.74) is 1.12. The van der Waals surface area contributed by atoms with E-state index in [9.17, 15) is 14.3 Å². The Hall–Kier alpha value is -2.71. The Morgan fingerprint density at radius 1 is 1.26 bits per heavy atom. The third-order valence-electron chi connectivity index (χ3n) is 6.07. The van der Waals surface area contributed by atoms with E-state index in [1.54, 1.807) is 0 Å². The highest BCUT2D eigenvalue weighted by Crippen LogP contribution is 2.51. The molecule has 0 aliphatic carbocycles. The molecule has 138 valence electrons. The molecule has 5 heteroatoms. The summed E-state index contributed by atoms with van der Waals surface area (Å²) in [5, 5.41) is 19.3. The van der Waals surface area contributed by atoms with Crippen molar-refractivity contribution in [3.8, 4) is 6.07 Å². The first kappa shape index (κ1) is 17.7. The van der Waals surface area contributed by atoms with Crippen LogP contribution in [0.15, 0.2) is 48.5 Å². The van der Waals surface area contributed by atoms with Crippen molar-refractivity contribution in [3.05, 3.63) is 71.0 Å². The van der Waals surface area contributed by atoms with Crippen LogP contribution in [0.25, 0.3) is 0 Å². The minimum atomic E-state index is -0.582. The van der Waals surface area contributed by atoms with Crippen LogP contribution in [0.2, 0.25) is 0 Å². The molecule has 2 bridgehead atoms. The Labute approximate surface area is 157 Å². The minimum Gasteiger partial charge on any atom is -0.396 e. The first-order valence-electron chi connectivity index (χ1n) is 9.24. The van der Waals surface area contributed by atoms with Crippen molar-refractivity contribution in [2.24, 2.45) is 5.41 Å². The second-order valence-corrected chi connectivity index (χ2v) is 7.69. The van der Waals surface area contributed by atoms with Crippen LogP contribution in [0.3, 0.4) is 0 Å². The van der Waals surface area contributed by atoms with E-state index < -0.39 is 5.82 Å². The van der Waals surface area contributed by atoms with Gasteiger partial charge < -0.3 is 10.0 Å². The zero-order chi connectivity index (χ0) is 19.0. The molecule has 2 aliphatic heterocycles. The average molecular weight is 364 g/mol. The van der Waals surface area contributed by atoms with Crippen molar-refractivity contribution in [2.75, 3.05) is 6.61 Å². The number of aliphatic hydroxyl groups is 1. The molecule has 2 saturated heterocycles. The van der Waals surface area contributed by atoms with Crippen LogP contribution in [0, 0.1) is 22.6 Å². The normalized spacial score (nSPS) is 26.2. The molecule has 0 unspecified atom stereocenters. The largest absolute Gasteiger partial charge is 0.396 e. The molecule has 0 aromatic heterocycles. The first-order chi connectivity index (χ1) is 13.1. The summed E-state index contributed by atoms with van der Waals surface area (Å²) in [6.07, 6.45) is 3.19. The van der Waals surface area contributed by atoms with E-state index in [4.69, 9.17) is 5.26 Å². The Balaban J connectivity index is 1.64. The number of carbonyl (C=O) groups is 1. The Morgan fingerprint density at radius 2 is 2.04 bits per heavy atom. The van der Waals surface area contributed by atoms with Gasteiger partial charge in [0.15, 0.2) is 0 Å². The molecule has 2 heterocycles. The monoisotopic (exact) mass is 364 g/mol. The van der Waals surface area contributed by atoms with Gasteiger partial charge in [-0.05, 0) is 49.4 Å². The summed E-state index contributed by atoms with van der Waals surface area (Å²) in [4.78, 5) is 15.0. The van der Waals surface area contributed by atoms with Crippen LogP contribution < -0.4 is 0 Å². The minimum absolute atomic E-state index is 0.0133. The Kier molecular flexibility index (Phi) is 4.45. The van der Waals surface area contributed by atoms with Gasteiger partial charge in [-0.1, -0.05) is 30.3 Å². The molecule has 2 aromatic rings. The van der Waals surface area contributed by atoms with E-state index in [-0.39, 0.29) is 41.1 Å². The van der Waals surface area contributed by atoms with Crippen molar-refractivity contribution in [1.29, 1.82) is 5.26 Å². The number of carbonyl (C=O) groups excluding carboxylic acids is 1. The van der Waals surface area contributed by atoms with Crippen LogP contribution in [-0.2, 0) is 6.42 Å². The van der Waals surface area contributed by atoms with Crippen molar-refractivity contribution in [3.63, 3.8) is 0 Å². The van der Waals surface area contributed by atoms with Gasteiger partial charge >= 0.3 is 0 Å². The number of nitrogens with zero attached hydrogens (tertiary/aromatic N) is 2. The smallest absolute Gasteiger partial charge is 0.254 e. The third kappa shape index (κ3) is 3.00. The van der Waals surface area contributed by atoms with Gasteiger partial charge in [0, 0.05) is 23.1 Å². The maximum Gasteiger partial charge on any atom is 0.254 e. The highest BCUT2D eigenvalue weighted by molar-refractivity contribution is 5.95. The van der Waals surface area contributed by atoms with Gasteiger partial charge in [-0.25, -0.2) is 4.39 Å². The standard InChI is InChI=1S/C22H21FN2O2/c23-18-9-16(13-24)8-17(10-18)21(27)25-19-6-7-20(25)22(12-19,14-26)11-15-4-2-1-3-5-15/h1-5,8-10,19-20,26H,6-7,11-12,14H2/t19-,20+,22-/m0/s1. The number of hydrogen-bond donors (Lipinski definition) is 1. The zero-order valence-electron chi connectivity index (χ0n) is 14.9. The molecule has 2 aromatic carbocycles. The number of aliphatic hydroxyl groups excluding tert-OH is 1. The van der Waals surface area contributed by atoms with E-state index in [0.29, 0.717) is 6.42 Å². The molecule has 0 spiro atoms. The maximum absolute atomic E-state index is 13.8. The summed E-state index contributed by atoms with van der Waals surface area (Å²) in [7, 11) is 0. The van der Waals surface area contributed by atoms with Crippen LogP contribution in [0.1, 0.15) is 40.7 Å². The number of fused-ring (bicyclic) bond motifs is 2. The summed E-state index contributed by atoms with van der Waals surface area (Å²) in [5.74, 6) is -0.830. The summed E-state index contributed by atoms with van der Waals surface area (Å²) in [6.45, 7) is 0.0133. The molecule has 0 radical (unpaired) electrons. The highest BCUT2D eigenvalue weighted by Gasteiger charge is 2.57. The molecule has 4 nitrogen and oxygen atoms in total. The van der Waals surface area contributed by atoms with E-state index in [1.807, 2.05) is 41.3 Å². The van der Waals surface area contributed by atoms with Crippen molar-refractivity contribution in [1.82, 2.24) is 4.90 Å². The van der Waals surface area contributed by atoms with Gasteiger partial charge in [0.1, 0.15) is 5.82 Å². The molecule has 0 saturated carbocycles. The van der Waals surface area contributed by atoms with Gasteiger partial charge in [0.05, 0.1) is 18.2 Å². The quantitative estimate of drug-likeness (QED) is 0.905. The summed E-state index contributed by atoms with van der Waals surface area (Å²) < 4.78 is 13.8. The number of halogens is 1. The Morgan fingerprint density at radius 3 is 2.74 bits per heavy atom. The average Bonchev–Trinajstić information content (AvgIpc) is 3.23. The molecular formula is C22H21FN2O2. The molecular weight excluding hydrogens is 343 g/mol. The van der Waals surface area contributed by atoms with Crippen molar-refractivity contribution in [2.45, 2.75) is 37.8 Å². The van der Waals surface area contributed by atoms with Crippen LogP contribution in [-0.4, -0.2) is 34.6 Å². The second kappa shape index (κ2) is 6.79. The number of benzene rings is 2. The number of amides is 1.